The van der Waals surface area contributed by atoms with Crippen molar-refractivity contribution in [2.75, 3.05) is 6.61 Å². The van der Waals surface area contributed by atoms with Crippen LogP contribution in [0.4, 0.5) is 18.9 Å². The summed E-state index contributed by atoms with van der Waals surface area (Å²) in [5.74, 6) is -2.30. The highest BCUT2D eigenvalue weighted by molar-refractivity contribution is 6.35. The molecule has 0 unspecified atom stereocenters. The van der Waals surface area contributed by atoms with Crippen molar-refractivity contribution < 1.29 is 32.7 Å². The molecule has 0 heterocycles. The fourth-order valence-electron chi connectivity index (χ4n) is 1.16. The Bertz CT molecular complexity index is 531. The first-order chi connectivity index (χ1) is 8.63. The topological polar surface area (TPSA) is 89.7 Å². The van der Waals surface area contributed by atoms with Gasteiger partial charge >= 0.3 is 17.8 Å². The Morgan fingerprint density at radius 2 is 2.05 bits per heavy atom. The van der Waals surface area contributed by atoms with Crippen molar-refractivity contribution in [3.63, 3.8) is 0 Å². The Morgan fingerprint density at radius 3 is 2.47 bits per heavy atom. The molecule has 0 radical (unpaired) electrons. The van der Waals surface area contributed by atoms with E-state index in [-0.39, 0.29) is 0 Å². The summed E-state index contributed by atoms with van der Waals surface area (Å²) in [6, 6.07) is 1.57. The van der Waals surface area contributed by atoms with Gasteiger partial charge in [-0.3, -0.25) is 10.1 Å². The van der Waals surface area contributed by atoms with Crippen molar-refractivity contribution in [1.29, 1.82) is 0 Å². The zero-order valence-electron chi connectivity index (χ0n) is 8.90. The van der Waals surface area contributed by atoms with Gasteiger partial charge in [-0.05, 0) is 12.1 Å². The molecule has 0 amide bonds. The smallest absolute Gasteiger partial charge is 0.422 e. The van der Waals surface area contributed by atoms with Gasteiger partial charge in [0, 0.05) is 0 Å². The van der Waals surface area contributed by atoms with Gasteiger partial charge in [0.25, 0.3) is 0 Å². The zero-order valence-corrected chi connectivity index (χ0v) is 9.66. The molecule has 19 heavy (non-hydrogen) atoms. The Balaban J connectivity index is 3.23. The van der Waals surface area contributed by atoms with Gasteiger partial charge in [0.1, 0.15) is 5.02 Å². The molecule has 1 N–H and O–H groups in total. The van der Waals surface area contributed by atoms with E-state index in [1.165, 1.54) is 0 Å². The van der Waals surface area contributed by atoms with Crippen LogP contribution < -0.4 is 4.74 Å². The van der Waals surface area contributed by atoms with E-state index in [1.54, 1.807) is 0 Å². The molecule has 0 saturated carbocycles. The zero-order chi connectivity index (χ0) is 14.8. The number of hydrogen-bond acceptors (Lipinski definition) is 4. The number of nitrogens with zero attached hydrogens (tertiary/aromatic N) is 1. The second-order valence-corrected chi connectivity index (χ2v) is 3.62. The van der Waals surface area contributed by atoms with Gasteiger partial charge in [0.05, 0.1) is 10.5 Å². The molecule has 1 aromatic rings. The summed E-state index contributed by atoms with van der Waals surface area (Å²) in [4.78, 5) is 20.3. The van der Waals surface area contributed by atoms with Crippen molar-refractivity contribution in [1.82, 2.24) is 0 Å². The number of rotatable bonds is 4. The lowest BCUT2D eigenvalue weighted by Gasteiger charge is -2.10. The van der Waals surface area contributed by atoms with Crippen molar-refractivity contribution in [2.45, 2.75) is 6.18 Å². The number of carboxylic acid groups (broad SMARTS) is 1. The molecule has 0 atom stereocenters. The maximum Gasteiger partial charge on any atom is 0.422 e. The van der Waals surface area contributed by atoms with Crippen LogP contribution in [0, 0.1) is 10.1 Å². The molecule has 104 valence electrons. The van der Waals surface area contributed by atoms with Crippen molar-refractivity contribution >= 4 is 23.3 Å². The lowest BCUT2D eigenvalue weighted by molar-refractivity contribution is -0.386. The summed E-state index contributed by atoms with van der Waals surface area (Å²) in [5.41, 5.74) is -1.63. The van der Waals surface area contributed by atoms with Gasteiger partial charge in [-0.1, -0.05) is 11.6 Å². The Morgan fingerprint density at radius 1 is 1.47 bits per heavy atom. The molecule has 0 spiro atoms. The predicted molar refractivity (Wildman–Crippen MR) is 56.6 cm³/mol. The molecular formula is C9H5ClF3NO5. The summed E-state index contributed by atoms with van der Waals surface area (Å²) in [5, 5.41) is 18.6. The second-order valence-electron chi connectivity index (χ2n) is 3.24. The third kappa shape index (κ3) is 3.71. The quantitative estimate of drug-likeness (QED) is 0.682. The van der Waals surface area contributed by atoms with E-state index in [0.29, 0.717) is 0 Å². The lowest BCUT2D eigenvalue weighted by Crippen LogP contribution is -2.19. The van der Waals surface area contributed by atoms with Crippen LogP contribution in [-0.2, 0) is 0 Å². The average molecular weight is 300 g/mol. The fourth-order valence-corrected chi connectivity index (χ4v) is 1.46. The van der Waals surface area contributed by atoms with Crippen LogP contribution in [0.2, 0.25) is 5.02 Å². The summed E-state index contributed by atoms with van der Waals surface area (Å²) in [7, 11) is 0. The van der Waals surface area contributed by atoms with Crippen LogP contribution in [0.15, 0.2) is 12.1 Å². The number of alkyl halides is 3. The van der Waals surface area contributed by atoms with Gasteiger partial charge in [-0.25, -0.2) is 4.79 Å². The predicted octanol–water partition coefficient (Wildman–Crippen LogP) is 2.89. The maximum atomic E-state index is 12.0. The van der Waals surface area contributed by atoms with Gasteiger partial charge in [0.15, 0.2) is 12.4 Å². The number of halogens is 4. The number of nitro benzene ring substituents is 1. The van der Waals surface area contributed by atoms with Crippen LogP contribution in [0.3, 0.4) is 0 Å². The highest BCUT2D eigenvalue weighted by Gasteiger charge is 2.32. The fraction of sp³-hybridized carbons (Fsp3) is 0.222. The maximum absolute atomic E-state index is 12.0. The van der Waals surface area contributed by atoms with E-state index in [0.717, 1.165) is 12.1 Å². The molecule has 0 fully saturated rings. The number of aromatic carboxylic acids is 1. The number of benzene rings is 1. The summed E-state index contributed by atoms with van der Waals surface area (Å²) >= 11 is 5.47. The van der Waals surface area contributed by atoms with Gasteiger partial charge in [-0.15, -0.1) is 0 Å². The molecular weight excluding hydrogens is 295 g/mol. The Hall–Kier alpha value is -2.03. The number of nitro groups is 1. The minimum atomic E-state index is -4.69. The first-order valence-corrected chi connectivity index (χ1v) is 4.91. The van der Waals surface area contributed by atoms with Crippen LogP contribution in [0.1, 0.15) is 10.4 Å². The third-order valence-corrected chi connectivity index (χ3v) is 2.27. The Kier molecular flexibility index (Phi) is 4.20. The summed E-state index contributed by atoms with van der Waals surface area (Å²) in [6.07, 6.45) is -4.69. The highest BCUT2D eigenvalue weighted by atomic mass is 35.5. The first kappa shape index (κ1) is 15.0. The number of carboxylic acids is 1. The van der Waals surface area contributed by atoms with Crippen molar-refractivity contribution in [2.24, 2.45) is 0 Å². The minimum absolute atomic E-state index is 0.604. The highest BCUT2D eigenvalue weighted by Crippen LogP contribution is 2.37. The van der Waals surface area contributed by atoms with Crippen LogP contribution in [-0.4, -0.2) is 28.8 Å². The van der Waals surface area contributed by atoms with Gasteiger partial charge in [-0.2, -0.15) is 13.2 Å². The largest absolute Gasteiger partial charge is 0.478 e. The number of hydrogen-bond donors (Lipinski definition) is 1. The summed E-state index contributed by atoms with van der Waals surface area (Å²) < 4.78 is 40.1. The molecule has 1 rings (SSSR count). The minimum Gasteiger partial charge on any atom is -0.478 e. The van der Waals surface area contributed by atoms with E-state index < -0.39 is 45.7 Å². The first-order valence-electron chi connectivity index (χ1n) is 4.53. The molecule has 0 aromatic heterocycles. The van der Waals surface area contributed by atoms with Crippen LogP contribution in [0.5, 0.6) is 5.75 Å². The lowest BCUT2D eigenvalue weighted by atomic mass is 10.2. The van der Waals surface area contributed by atoms with Crippen molar-refractivity contribution in [3.8, 4) is 5.75 Å². The number of ether oxygens (including phenoxy) is 1. The molecule has 0 bridgehead atoms. The third-order valence-electron chi connectivity index (χ3n) is 1.88. The van der Waals surface area contributed by atoms with Crippen LogP contribution >= 0.6 is 11.6 Å². The standard InChI is InChI=1S/C9H5ClF3NO5/c10-6-4(8(15)16)1-2-5(7(6)14(17)18)19-3-9(11,12)13/h1-2H,3H2,(H,15,16). The average Bonchev–Trinajstić information content (AvgIpc) is 2.24. The summed E-state index contributed by atoms with van der Waals surface area (Å²) in [6.45, 7) is -1.75. The van der Waals surface area contributed by atoms with E-state index in [2.05, 4.69) is 4.74 Å². The van der Waals surface area contributed by atoms with E-state index in [9.17, 15) is 28.1 Å². The van der Waals surface area contributed by atoms with E-state index in [1.807, 2.05) is 0 Å². The van der Waals surface area contributed by atoms with Gasteiger partial charge in [0.2, 0.25) is 0 Å². The molecule has 0 saturated heterocycles. The monoisotopic (exact) mass is 299 g/mol. The SMILES string of the molecule is O=C(O)c1ccc(OCC(F)(F)F)c([N+](=O)[O-])c1Cl. The second kappa shape index (κ2) is 5.31. The molecule has 0 aliphatic rings. The molecule has 0 aliphatic heterocycles. The van der Waals surface area contributed by atoms with E-state index >= 15 is 0 Å². The number of carbonyl (C=O) groups is 1. The normalized spacial score (nSPS) is 11.2. The molecule has 10 heteroatoms. The molecule has 6 nitrogen and oxygen atoms in total. The van der Waals surface area contributed by atoms with Crippen LogP contribution in [0.25, 0.3) is 0 Å². The Labute approximate surface area is 108 Å². The van der Waals surface area contributed by atoms with Crippen molar-refractivity contribution in [3.05, 3.63) is 32.8 Å². The molecule has 0 aliphatic carbocycles. The van der Waals surface area contributed by atoms with Gasteiger partial charge < -0.3 is 9.84 Å². The molecule has 1 aromatic carbocycles. The van der Waals surface area contributed by atoms with E-state index in [4.69, 9.17) is 16.7 Å².